The van der Waals surface area contributed by atoms with Gasteiger partial charge >= 0.3 is 11.9 Å². The van der Waals surface area contributed by atoms with Crippen molar-refractivity contribution in [3.05, 3.63) is 48.0 Å². The second-order valence-corrected chi connectivity index (χ2v) is 5.42. The highest BCUT2D eigenvalue weighted by Crippen LogP contribution is 2.08. The van der Waals surface area contributed by atoms with Gasteiger partial charge < -0.3 is 14.7 Å². The van der Waals surface area contributed by atoms with E-state index in [0.717, 1.165) is 25.7 Å². The second-order valence-electron chi connectivity index (χ2n) is 5.42. The number of rotatable bonds is 6. The van der Waals surface area contributed by atoms with Crippen LogP contribution in [0.2, 0.25) is 0 Å². The van der Waals surface area contributed by atoms with Crippen molar-refractivity contribution in [2.75, 3.05) is 32.8 Å². The van der Waals surface area contributed by atoms with Gasteiger partial charge in [-0.15, -0.1) is 0 Å². The van der Waals surface area contributed by atoms with Crippen molar-refractivity contribution < 1.29 is 24.2 Å². The maximum atomic E-state index is 12.0. The molecule has 1 aliphatic heterocycles. The van der Waals surface area contributed by atoms with Gasteiger partial charge in [0, 0.05) is 44.9 Å². The van der Waals surface area contributed by atoms with E-state index in [9.17, 15) is 14.4 Å². The van der Waals surface area contributed by atoms with Crippen LogP contribution in [0.15, 0.2) is 42.5 Å². The largest absolute Gasteiger partial charge is 0.478 e. The first-order valence-electron chi connectivity index (χ1n) is 7.66. The molecule has 7 nitrogen and oxygen atoms in total. The van der Waals surface area contributed by atoms with Gasteiger partial charge in [0.1, 0.15) is 0 Å². The van der Waals surface area contributed by atoms with Crippen LogP contribution >= 0.6 is 0 Å². The molecular formula is C17H20N2O5. The lowest BCUT2D eigenvalue weighted by molar-refractivity contribution is -0.149. The van der Waals surface area contributed by atoms with E-state index in [0.29, 0.717) is 19.2 Å². The zero-order chi connectivity index (χ0) is 17.4. The molecular weight excluding hydrogens is 312 g/mol. The SMILES string of the molecule is O=C(O)/C=C/C(=O)OCC(=O)N1CCN(Cc2ccccc2)CC1. The quantitative estimate of drug-likeness (QED) is 0.603. The van der Waals surface area contributed by atoms with Gasteiger partial charge in [-0.05, 0) is 5.56 Å². The molecule has 1 aromatic carbocycles. The Morgan fingerprint density at radius 2 is 1.71 bits per heavy atom. The van der Waals surface area contributed by atoms with Crippen molar-refractivity contribution in [3.63, 3.8) is 0 Å². The summed E-state index contributed by atoms with van der Waals surface area (Å²) >= 11 is 0. The minimum absolute atomic E-state index is 0.272. The molecule has 1 aliphatic rings. The van der Waals surface area contributed by atoms with Crippen molar-refractivity contribution in [1.29, 1.82) is 0 Å². The van der Waals surface area contributed by atoms with Crippen LogP contribution in [0, 0.1) is 0 Å². The number of aliphatic carboxylic acids is 1. The number of hydrogen-bond donors (Lipinski definition) is 1. The molecule has 0 aromatic heterocycles. The monoisotopic (exact) mass is 332 g/mol. The predicted octanol–water partition coefficient (Wildman–Crippen LogP) is 0.515. The smallest absolute Gasteiger partial charge is 0.331 e. The van der Waals surface area contributed by atoms with Gasteiger partial charge in [0.25, 0.3) is 5.91 Å². The minimum atomic E-state index is -1.24. The number of carboxylic acid groups (broad SMARTS) is 1. The van der Waals surface area contributed by atoms with Gasteiger partial charge in [-0.1, -0.05) is 30.3 Å². The van der Waals surface area contributed by atoms with Gasteiger partial charge in [0.05, 0.1) is 0 Å². The Morgan fingerprint density at radius 1 is 1.04 bits per heavy atom. The number of carbonyl (C=O) groups excluding carboxylic acids is 2. The molecule has 1 aromatic rings. The van der Waals surface area contributed by atoms with Crippen LogP contribution in [0.4, 0.5) is 0 Å². The van der Waals surface area contributed by atoms with Crippen LogP contribution in [-0.4, -0.2) is 65.5 Å². The topological polar surface area (TPSA) is 87.1 Å². The average Bonchev–Trinajstić information content (AvgIpc) is 2.59. The Balaban J connectivity index is 1.70. The molecule has 0 radical (unpaired) electrons. The number of benzene rings is 1. The van der Waals surface area contributed by atoms with Crippen LogP contribution in [0.1, 0.15) is 5.56 Å². The summed E-state index contributed by atoms with van der Waals surface area (Å²) in [5.41, 5.74) is 1.23. The molecule has 1 heterocycles. The van der Waals surface area contributed by atoms with Crippen molar-refractivity contribution in [1.82, 2.24) is 9.80 Å². The fraction of sp³-hybridized carbons (Fsp3) is 0.353. The Hall–Kier alpha value is -2.67. The average molecular weight is 332 g/mol. The third-order valence-corrected chi connectivity index (χ3v) is 3.67. The molecule has 128 valence electrons. The second kappa shape index (κ2) is 8.83. The summed E-state index contributed by atoms with van der Waals surface area (Å²) in [6.45, 7) is 3.14. The van der Waals surface area contributed by atoms with Crippen LogP contribution in [0.5, 0.6) is 0 Å². The molecule has 0 spiro atoms. The van der Waals surface area contributed by atoms with Crippen LogP contribution < -0.4 is 0 Å². The lowest BCUT2D eigenvalue weighted by atomic mass is 10.2. The lowest BCUT2D eigenvalue weighted by Crippen LogP contribution is -2.49. The highest BCUT2D eigenvalue weighted by Gasteiger charge is 2.21. The Morgan fingerprint density at radius 3 is 2.33 bits per heavy atom. The third-order valence-electron chi connectivity index (χ3n) is 3.67. The van der Waals surface area contributed by atoms with E-state index >= 15 is 0 Å². The highest BCUT2D eigenvalue weighted by atomic mass is 16.5. The number of nitrogens with zero attached hydrogens (tertiary/aromatic N) is 2. The Labute approximate surface area is 140 Å². The Bertz CT molecular complexity index is 607. The molecule has 0 atom stereocenters. The molecule has 7 heteroatoms. The third kappa shape index (κ3) is 5.85. The number of ether oxygens (including phenoxy) is 1. The molecule has 0 unspecified atom stereocenters. The number of carboxylic acids is 1. The van der Waals surface area contributed by atoms with E-state index in [1.54, 1.807) is 4.90 Å². The van der Waals surface area contributed by atoms with Crippen LogP contribution in [0.3, 0.4) is 0 Å². The zero-order valence-electron chi connectivity index (χ0n) is 13.3. The fourth-order valence-corrected chi connectivity index (χ4v) is 2.41. The standard InChI is InChI=1S/C17H20N2O5/c20-15(13-24-17(23)7-6-16(21)22)19-10-8-18(9-11-19)12-14-4-2-1-3-5-14/h1-7H,8-13H2,(H,21,22)/b7-6+. The summed E-state index contributed by atoms with van der Waals surface area (Å²) in [6, 6.07) is 10.1. The summed E-state index contributed by atoms with van der Waals surface area (Å²) < 4.78 is 4.74. The van der Waals surface area contributed by atoms with Gasteiger partial charge in [0.2, 0.25) is 0 Å². The van der Waals surface area contributed by atoms with Gasteiger partial charge in [-0.25, -0.2) is 9.59 Å². The highest BCUT2D eigenvalue weighted by molar-refractivity contribution is 5.91. The van der Waals surface area contributed by atoms with Crippen LogP contribution in [0.25, 0.3) is 0 Å². The molecule has 1 fully saturated rings. The van der Waals surface area contributed by atoms with Gasteiger partial charge in [0.15, 0.2) is 6.61 Å². The van der Waals surface area contributed by atoms with E-state index in [1.165, 1.54) is 5.56 Å². The maximum Gasteiger partial charge on any atom is 0.331 e. The molecule has 1 saturated heterocycles. The summed E-state index contributed by atoms with van der Waals surface area (Å²) in [5, 5.41) is 8.40. The van der Waals surface area contributed by atoms with Crippen LogP contribution in [-0.2, 0) is 25.7 Å². The molecule has 1 amide bonds. The maximum absolute atomic E-state index is 12.0. The van der Waals surface area contributed by atoms with Crippen molar-refractivity contribution in [3.8, 4) is 0 Å². The van der Waals surface area contributed by atoms with Gasteiger partial charge in [-0.3, -0.25) is 9.69 Å². The molecule has 2 rings (SSSR count). The first-order chi connectivity index (χ1) is 11.5. The zero-order valence-corrected chi connectivity index (χ0v) is 13.3. The predicted molar refractivity (Wildman–Crippen MR) is 86.0 cm³/mol. The number of piperazine rings is 1. The van der Waals surface area contributed by atoms with E-state index < -0.39 is 11.9 Å². The molecule has 0 saturated carbocycles. The Kier molecular flexibility index (Phi) is 6.51. The molecule has 24 heavy (non-hydrogen) atoms. The van der Waals surface area contributed by atoms with E-state index in [1.807, 2.05) is 18.2 Å². The van der Waals surface area contributed by atoms with Crippen molar-refractivity contribution >= 4 is 17.8 Å². The molecule has 1 N–H and O–H groups in total. The first-order valence-corrected chi connectivity index (χ1v) is 7.66. The summed E-state index contributed by atoms with van der Waals surface area (Å²) in [5.74, 6) is -2.35. The van der Waals surface area contributed by atoms with E-state index in [4.69, 9.17) is 9.84 Å². The van der Waals surface area contributed by atoms with Crippen molar-refractivity contribution in [2.24, 2.45) is 0 Å². The first kappa shape index (κ1) is 17.7. The lowest BCUT2D eigenvalue weighted by Gasteiger charge is -2.34. The summed E-state index contributed by atoms with van der Waals surface area (Å²) in [6.07, 6.45) is 1.46. The number of hydrogen-bond acceptors (Lipinski definition) is 5. The number of carbonyl (C=O) groups is 3. The fourth-order valence-electron chi connectivity index (χ4n) is 2.41. The van der Waals surface area contributed by atoms with E-state index in [2.05, 4.69) is 17.0 Å². The minimum Gasteiger partial charge on any atom is -0.478 e. The summed E-state index contributed by atoms with van der Waals surface area (Å²) in [7, 11) is 0. The number of amides is 1. The molecule has 0 bridgehead atoms. The molecule has 0 aliphatic carbocycles. The normalized spacial score (nSPS) is 15.4. The van der Waals surface area contributed by atoms with Gasteiger partial charge in [-0.2, -0.15) is 0 Å². The summed E-state index contributed by atoms with van der Waals surface area (Å²) in [4.78, 5) is 37.4. The van der Waals surface area contributed by atoms with Crippen molar-refractivity contribution in [2.45, 2.75) is 6.54 Å². The van der Waals surface area contributed by atoms with E-state index in [-0.39, 0.29) is 12.5 Å². The number of esters is 1.